The molecule has 3 aliphatic rings. The summed E-state index contributed by atoms with van der Waals surface area (Å²) in [5, 5.41) is 0. The number of hydrogen-bond acceptors (Lipinski definition) is 4. The number of hydrogen-bond donors (Lipinski definition) is 0. The molecule has 2 amide bonds. The molecule has 0 N–H and O–H groups in total. The van der Waals surface area contributed by atoms with E-state index in [-0.39, 0.29) is 23.5 Å². The number of carbonyl (C=O) groups is 3. The molecule has 2 aromatic rings. The number of likely N-dealkylation sites (tertiary alicyclic amines) is 1. The second-order valence-electron chi connectivity index (χ2n) is 8.83. The predicted molar refractivity (Wildman–Crippen MR) is 118 cm³/mol. The Labute approximate surface area is 182 Å². The summed E-state index contributed by atoms with van der Waals surface area (Å²) >= 11 is 0. The molecule has 6 heteroatoms. The second kappa shape index (κ2) is 7.93. The van der Waals surface area contributed by atoms with Gasteiger partial charge in [-0.15, -0.1) is 0 Å². The summed E-state index contributed by atoms with van der Waals surface area (Å²) in [7, 11) is 2.08. The SMILES string of the molecule is CN1CCN(C(=O)C2CCN(C(=O)c3ccc4c(c3)C(=O)c3ccccc3-4)CC2)CC1. The first-order chi connectivity index (χ1) is 15.0. The fourth-order valence-electron chi connectivity index (χ4n) is 4.96. The number of ketones is 1. The molecule has 31 heavy (non-hydrogen) atoms. The Bertz CT molecular complexity index is 1050. The molecule has 2 fully saturated rings. The largest absolute Gasteiger partial charge is 0.340 e. The number of fused-ring (bicyclic) bond motifs is 3. The number of piperazine rings is 1. The molecule has 160 valence electrons. The van der Waals surface area contributed by atoms with E-state index in [1.54, 1.807) is 6.07 Å². The third-order valence-electron chi connectivity index (χ3n) is 6.92. The molecule has 0 aromatic heterocycles. The number of likely N-dealkylation sites (N-methyl/N-ethyl adjacent to an activating group) is 1. The van der Waals surface area contributed by atoms with Crippen molar-refractivity contribution in [1.82, 2.24) is 14.7 Å². The lowest BCUT2D eigenvalue weighted by molar-refractivity contribution is -0.138. The zero-order valence-electron chi connectivity index (χ0n) is 17.8. The maximum absolute atomic E-state index is 13.1. The molecule has 0 spiro atoms. The van der Waals surface area contributed by atoms with Crippen LogP contribution in [0.1, 0.15) is 39.1 Å². The van der Waals surface area contributed by atoms with Crippen molar-refractivity contribution in [1.29, 1.82) is 0 Å². The molecule has 0 radical (unpaired) electrons. The number of carbonyl (C=O) groups excluding carboxylic acids is 3. The van der Waals surface area contributed by atoms with Crippen LogP contribution < -0.4 is 0 Å². The molecular weight excluding hydrogens is 390 g/mol. The highest BCUT2D eigenvalue weighted by Gasteiger charge is 2.32. The van der Waals surface area contributed by atoms with Crippen LogP contribution in [0.3, 0.4) is 0 Å². The summed E-state index contributed by atoms with van der Waals surface area (Å²) in [6.45, 7) is 4.58. The number of piperidine rings is 1. The van der Waals surface area contributed by atoms with E-state index >= 15 is 0 Å². The number of nitrogens with zero attached hydrogens (tertiary/aromatic N) is 3. The molecule has 5 rings (SSSR count). The van der Waals surface area contributed by atoms with Crippen molar-refractivity contribution >= 4 is 17.6 Å². The third-order valence-corrected chi connectivity index (χ3v) is 6.92. The summed E-state index contributed by atoms with van der Waals surface area (Å²) in [5.74, 6) is 0.165. The van der Waals surface area contributed by atoms with Gasteiger partial charge in [0.1, 0.15) is 0 Å². The predicted octanol–water partition coefficient (Wildman–Crippen LogP) is 2.52. The maximum atomic E-state index is 13.1. The Morgan fingerprint density at radius 3 is 2.13 bits per heavy atom. The molecular formula is C25H27N3O3. The van der Waals surface area contributed by atoms with Gasteiger partial charge in [0, 0.05) is 61.9 Å². The van der Waals surface area contributed by atoms with Crippen molar-refractivity contribution in [3.63, 3.8) is 0 Å². The zero-order valence-corrected chi connectivity index (χ0v) is 17.8. The van der Waals surface area contributed by atoms with Crippen LogP contribution in [0.4, 0.5) is 0 Å². The van der Waals surface area contributed by atoms with Crippen LogP contribution in [0.5, 0.6) is 0 Å². The highest BCUT2D eigenvalue weighted by Crippen LogP contribution is 2.37. The van der Waals surface area contributed by atoms with Crippen LogP contribution in [0.25, 0.3) is 11.1 Å². The summed E-state index contributed by atoms with van der Waals surface area (Å²) in [6, 6.07) is 13.0. The van der Waals surface area contributed by atoms with Crippen LogP contribution in [0.15, 0.2) is 42.5 Å². The summed E-state index contributed by atoms with van der Waals surface area (Å²) in [4.78, 5) is 44.8. The van der Waals surface area contributed by atoms with Crippen molar-refractivity contribution in [3.8, 4) is 11.1 Å². The van der Waals surface area contributed by atoms with Gasteiger partial charge in [0.15, 0.2) is 5.78 Å². The second-order valence-corrected chi connectivity index (χ2v) is 8.83. The van der Waals surface area contributed by atoms with Gasteiger partial charge in [-0.1, -0.05) is 30.3 Å². The Hall–Kier alpha value is -2.99. The van der Waals surface area contributed by atoms with E-state index in [9.17, 15) is 14.4 Å². The average Bonchev–Trinajstić information content (AvgIpc) is 3.10. The maximum Gasteiger partial charge on any atom is 0.253 e. The van der Waals surface area contributed by atoms with Gasteiger partial charge in [0.2, 0.25) is 5.91 Å². The first-order valence-corrected chi connectivity index (χ1v) is 11.1. The van der Waals surface area contributed by atoms with E-state index in [1.807, 2.05) is 46.2 Å². The van der Waals surface area contributed by atoms with Gasteiger partial charge in [-0.25, -0.2) is 0 Å². The molecule has 2 aromatic carbocycles. The molecule has 6 nitrogen and oxygen atoms in total. The zero-order chi connectivity index (χ0) is 21.5. The van der Waals surface area contributed by atoms with E-state index < -0.39 is 0 Å². The van der Waals surface area contributed by atoms with Crippen LogP contribution in [0.2, 0.25) is 0 Å². The quantitative estimate of drug-likeness (QED) is 0.643. The molecule has 0 atom stereocenters. The van der Waals surface area contributed by atoms with E-state index in [0.717, 1.165) is 37.3 Å². The van der Waals surface area contributed by atoms with E-state index in [4.69, 9.17) is 0 Å². The van der Waals surface area contributed by atoms with E-state index in [1.165, 1.54) is 0 Å². The average molecular weight is 418 g/mol. The lowest BCUT2D eigenvalue weighted by Gasteiger charge is -2.37. The standard InChI is InChI=1S/C25H27N3O3/c1-26-12-14-28(15-13-26)24(30)17-8-10-27(11-9-17)25(31)18-6-7-20-19-4-2-3-5-21(19)23(29)22(20)16-18/h2-7,16-17H,8-15H2,1H3. The van der Waals surface area contributed by atoms with Crippen molar-refractivity contribution in [2.45, 2.75) is 12.8 Å². The van der Waals surface area contributed by atoms with Crippen LogP contribution >= 0.6 is 0 Å². The Balaban J connectivity index is 1.24. The Morgan fingerprint density at radius 1 is 0.774 bits per heavy atom. The number of amides is 2. The van der Waals surface area contributed by atoms with Crippen LogP contribution in [-0.2, 0) is 4.79 Å². The van der Waals surface area contributed by atoms with Gasteiger partial charge in [0.25, 0.3) is 5.91 Å². The minimum absolute atomic E-state index is 0.00329. The lowest BCUT2D eigenvalue weighted by Crippen LogP contribution is -2.51. The minimum atomic E-state index is -0.0583. The van der Waals surface area contributed by atoms with Gasteiger partial charge >= 0.3 is 0 Å². The Morgan fingerprint density at radius 2 is 1.42 bits per heavy atom. The molecule has 2 saturated heterocycles. The molecule has 0 unspecified atom stereocenters. The molecule has 2 heterocycles. The Kier molecular flexibility index (Phi) is 5.10. The van der Waals surface area contributed by atoms with Crippen LogP contribution in [0, 0.1) is 5.92 Å². The van der Waals surface area contributed by atoms with Crippen molar-refractivity contribution in [2.75, 3.05) is 46.3 Å². The van der Waals surface area contributed by atoms with Crippen molar-refractivity contribution in [2.24, 2.45) is 5.92 Å². The van der Waals surface area contributed by atoms with Crippen LogP contribution in [-0.4, -0.2) is 78.6 Å². The van der Waals surface area contributed by atoms with Gasteiger partial charge < -0.3 is 14.7 Å². The molecule has 2 aliphatic heterocycles. The smallest absolute Gasteiger partial charge is 0.253 e. The number of rotatable bonds is 2. The highest BCUT2D eigenvalue weighted by atomic mass is 16.2. The normalized spacial score (nSPS) is 19.3. The van der Waals surface area contributed by atoms with E-state index in [2.05, 4.69) is 11.9 Å². The first kappa shape index (κ1) is 19.9. The third kappa shape index (κ3) is 3.55. The first-order valence-electron chi connectivity index (χ1n) is 11.1. The van der Waals surface area contributed by atoms with Crippen molar-refractivity contribution < 1.29 is 14.4 Å². The summed E-state index contributed by atoms with van der Waals surface area (Å²) in [5.41, 5.74) is 3.68. The lowest BCUT2D eigenvalue weighted by atomic mass is 9.94. The molecule has 1 aliphatic carbocycles. The number of benzene rings is 2. The molecule has 0 saturated carbocycles. The fraction of sp³-hybridized carbons (Fsp3) is 0.400. The highest BCUT2D eigenvalue weighted by molar-refractivity contribution is 6.22. The van der Waals surface area contributed by atoms with Gasteiger partial charge in [-0.05, 0) is 43.1 Å². The van der Waals surface area contributed by atoms with Gasteiger partial charge in [-0.2, -0.15) is 0 Å². The fourth-order valence-corrected chi connectivity index (χ4v) is 4.96. The summed E-state index contributed by atoms with van der Waals surface area (Å²) in [6.07, 6.45) is 1.40. The topological polar surface area (TPSA) is 60.9 Å². The van der Waals surface area contributed by atoms with Gasteiger partial charge in [-0.3, -0.25) is 14.4 Å². The molecule has 0 bridgehead atoms. The van der Waals surface area contributed by atoms with E-state index in [0.29, 0.717) is 42.6 Å². The summed E-state index contributed by atoms with van der Waals surface area (Å²) < 4.78 is 0. The monoisotopic (exact) mass is 417 g/mol. The van der Waals surface area contributed by atoms with Crippen molar-refractivity contribution in [3.05, 3.63) is 59.2 Å². The minimum Gasteiger partial charge on any atom is -0.340 e. The van der Waals surface area contributed by atoms with Gasteiger partial charge in [0.05, 0.1) is 0 Å².